The number of nitrogens with zero attached hydrogens (tertiary/aromatic N) is 6. The second-order valence-corrected chi connectivity index (χ2v) is 5.85. The number of aromatic nitrogens is 4. The first-order chi connectivity index (χ1) is 11.3. The summed E-state index contributed by atoms with van der Waals surface area (Å²) in [6.45, 7) is 5.65. The van der Waals surface area contributed by atoms with Gasteiger partial charge in [-0.05, 0) is 28.5 Å². The van der Waals surface area contributed by atoms with Crippen molar-refractivity contribution in [2.45, 2.75) is 13.0 Å². The Morgan fingerprint density at radius 1 is 1.13 bits per heavy atom. The van der Waals surface area contributed by atoms with Gasteiger partial charge in [-0.3, -0.25) is 4.90 Å². The lowest BCUT2D eigenvalue weighted by Gasteiger charge is -2.36. The van der Waals surface area contributed by atoms with Crippen LogP contribution in [0.1, 0.15) is 11.4 Å². The Morgan fingerprint density at radius 3 is 2.61 bits per heavy atom. The van der Waals surface area contributed by atoms with Crippen LogP contribution in [0.25, 0.3) is 0 Å². The van der Waals surface area contributed by atoms with Crippen molar-refractivity contribution in [2.24, 2.45) is 7.05 Å². The van der Waals surface area contributed by atoms with Crippen LogP contribution < -0.4 is 4.90 Å². The Balaban J connectivity index is 1.59. The maximum atomic E-state index is 5.23. The van der Waals surface area contributed by atoms with Gasteiger partial charge in [0.25, 0.3) is 0 Å². The summed E-state index contributed by atoms with van der Waals surface area (Å²) < 4.78 is 6.97. The molecule has 1 fully saturated rings. The van der Waals surface area contributed by atoms with Crippen LogP contribution in [-0.4, -0.2) is 65.0 Å². The molecule has 2 heterocycles. The SMILES string of the molecule is COCCc1ccccc1N1CCN(Cc2nnnn2C)CC1. The number of methoxy groups -OCH3 is 1. The van der Waals surface area contributed by atoms with Crippen LogP contribution in [0.5, 0.6) is 0 Å². The number of benzene rings is 1. The Bertz CT molecular complexity index is 621. The number of para-hydroxylation sites is 1. The summed E-state index contributed by atoms with van der Waals surface area (Å²) in [5, 5.41) is 11.7. The summed E-state index contributed by atoms with van der Waals surface area (Å²) in [5.41, 5.74) is 2.70. The molecule has 7 heteroatoms. The summed E-state index contributed by atoms with van der Waals surface area (Å²) in [6.07, 6.45) is 0.956. The van der Waals surface area contributed by atoms with Crippen LogP contribution in [0.15, 0.2) is 24.3 Å². The van der Waals surface area contributed by atoms with Gasteiger partial charge in [0.05, 0.1) is 13.2 Å². The standard InChI is InChI=1S/C16H24N6O/c1-20-16(17-18-19-20)13-21-8-10-22(11-9-21)15-6-4-3-5-14(15)7-12-23-2/h3-6H,7-13H2,1-2H3. The second-order valence-electron chi connectivity index (χ2n) is 5.85. The van der Waals surface area contributed by atoms with E-state index in [1.807, 2.05) is 7.05 Å². The van der Waals surface area contributed by atoms with E-state index in [-0.39, 0.29) is 0 Å². The van der Waals surface area contributed by atoms with Crippen LogP contribution in [0.3, 0.4) is 0 Å². The number of hydrogen-bond acceptors (Lipinski definition) is 6. The van der Waals surface area contributed by atoms with Gasteiger partial charge in [0.2, 0.25) is 0 Å². The first kappa shape index (κ1) is 15.9. The fourth-order valence-electron chi connectivity index (χ4n) is 2.97. The Hall–Kier alpha value is -1.99. The van der Waals surface area contributed by atoms with E-state index in [2.05, 4.69) is 49.6 Å². The number of rotatable bonds is 6. The minimum absolute atomic E-state index is 0.760. The fraction of sp³-hybridized carbons (Fsp3) is 0.562. The molecule has 0 radical (unpaired) electrons. The van der Waals surface area contributed by atoms with Gasteiger partial charge >= 0.3 is 0 Å². The first-order valence-electron chi connectivity index (χ1n) is 8.03. The molecule has 0 amide bonds. The van der Waals surface area contributed by atoms with E-state index in [0.29, 0.717) is 0 Å². The van der Waals surface area contributed by atoms with Crippen molar-refractivity contribution in [3.63, 3.8) is 0 Å². The van der Waals surface area contributed by atoms with Gasteiger partial charge in [0, 0.05) is 46.0 Å². The van der Waals surface area contributed by atoms with Crippen molar-refractivity contribution in [1.29, 1.82) is 0 Å². The lowest BCUT2D eigenvalue weighted by molar-refractivity contribution is 0.202. The quantitative estimate of drug-likeness (QED) is 0.783. The molecule has 2 aromatic rings. The van der Waals surface area contributed by atoms with E-state index in [1.165, 1.54) is 11.3 Å². The zero-order valence-corrected chi connectivity index (χ0v) is 13.9. The molecule has 7 nitrogen and oxygen atoms in total. The van der Waals surface area contributed by atoms with Crippen LogP contribution in [0.2, 0.25) is 0 Å². The zero-order chi connectivity index (χ0) is 16.1. The van der Waals surface area contributed by atoms with E-state index in [0.717, 1.165) is 51.6 Å². The smallest absolute Gasteiger partial charge is 0.164 e. The van der Waals surface area contributed by atoms with E-state index in [1.54, 1.807) is 11.8 Å². The van der Waals surface area contributed by atoms with Crippen LogP contribution in [0.4, 0.5) is 5.69 Å². The third-order valence-corrected chi connectivity index (χ3v) is 4.35. The molecule has 0 N–H and O–H groups in total. The molecule has 3 rings (SSSR count). The third-order valence-electron chi connectivity index (χ3n) is 4.35. The molecule has 0 aliphatic carbocycles. The molecule has 23 heavy (non-hydrogen) atoms. The van der Waals surface area contributed by atoms with Crippen molar-refractivity contribution < 1.29 is 4.74 Å². The molecule has 0 atom stereocenters. The zero-order valence-electron chi connectivity index (χ0n) is 13.9. The molecule has 1 aromatic carbocycles. The highest BCUT2D eigenvalue weighted by molar-refractivity contribution is 5.54. The van der Waals surface area contributed by atoms with E-state index in [4.69, 9.17) is 4.74 Å². The summed E-state index contributed by atoms with van der Waals surface area (Å²) in [4.78, 5) is 4.87. The van der Waals surface area contributed by atoms with Crippen LogP contribution >= 0.6 is 0 Å². The molecule has 0 bridgehead atoms. The second kappa shape index (κ2) is 7.52. The van der Waals surface area contributed by atoms with Gasteiger partial charge in [0.1, 0.15) is 0 Å². The number of anilines is 1. The van der Waals surface area contributed by atoms with Crippen LogP contribution in [-0.2, 0) is 24.8 Å². The molecule has 1 aliphatic heterocycles. The van der Waals surface area contributed by atoms with Crippen molar-refractivity contribution >= 4 is 5.69 Å². The number of tetrazole rings is 1. The average Bonchev–Trinajstić information content (AvgIpc) is 2.99. The minimum atomic E-state index is 0.760. The molecule has 1 saturated heterocycles. The minimum Gasteiger partial charge on any atom is -0.384 e. The van der Waals surface area contributed by atoms with Crippen molar-refractivity contribution in [1.82, 2.24) is 25.1 Å². The number of ether oxygens (including phenoxy) is 1. The molecular formula is C16H24N6O. The Morgan fingerprint density at radius 2 is 1.91 bits per heavy atom. The van der Waals surface area contributed by atoms with E-state index < -0.39 is 0 Å². The summed E-state index contributed by atoms with van der Waals surface area (Å²) in [5.74, 6) is 0.916. The normalized spacial score (nSPS) is 16.0. The number of hydrogen-bond donors (Lipinski definition) is 0. The van der Waals surface area contributed by atoms with E-state index >= 15 is 0 Å². The predicted molar refractivity (Wildman–Crippen MR) is 88.3 cm³/mol. The highest BCUT2D eigenvalue weighted by Crippen LogP contribution is 2.22. The maximum Gasteiger partial charge on any atom is 0.164 e. The molecular weight excluding hydrogens is 292 g/mol. The molecule has 0 saturated carbocycles. The van der Waals surface area contributed by atoms with E-state index in [9.17, 15) is 0 Å². The highest BCUT2D eigenvalue weighted by Gasteiger charge is 2.20. The topological polar surface area (TPSA) is 59.3 Å². The molecule has 1 aliphatic rings. The largest absolute Gasteiger partial charge is 0.384 e. The summed E-state index contributed by atoms with van der Waals surface area (Å²) >= 11 is 0. The van der Waals surface area contributed by atoms with Crippen molar-refractivity contribution in [3.05, 3.63) is 35.7 Å². The molecule has 0 spiro atoms. The predicted octanol–water partition coefficient (Wildman–Crippen LogP) is 0.721. The Kier molecular flexibility index (Phi) is 5.19. The average molecular weight is 316 g/mol. The van der Waals surface area contributed by atoms with Crippen molar-refractivity contribution in [2.75, 3.05) is 44.8 Å². The van der Waals surface area contributed by atoms with Gasteiger partial charge in [-0.15, -0.1) is 5.10 Å². The lowest BCUT2D eigenvalue weighted by Crippen LogP contribution is -2.46. The monoisotopic (exact) mass is 316 g/mol. The summed E-state index contributed by atoms with van der Waals surface area (Å²) in [6, 6.07) is 8.63. The maximum absolute atomic E-state index is 5.23. The summed E-state index contributed by atoms with van der Waals surface area (Å²) in [7, 11) is 3.64. The first-order valence-corrected chi connectivity index (χ1v) is 8.03. The van der Waals surface area contributed by atoms with Gasteiger partial charge in [-0.1, -0.05) is 18.2 Å². The Labute approximate surface area is 136 Å². The third kappa shape index (κ3) is 3.86. The van der Waals surface area contributed by atoms with Gasteiger partial charge in [-0.25, -0.2) is 4.68 Å². The number of piperazine rings is 1. The number of aryl methyl sites for hydroxylation is 1. The molecule has 0 unspecified atom stereocenters. The lowest BCUT2D eigenvalue weighted by atomic mass is 10.1. The van der Waals surface area contributed by atoms with Gasteiger partial charge in [-0.2, -0.15) is 0 Å². The fourth-order valence-corrected chi connectivity index (χ4v) is 2.97. The molecule has 1 aromatic heterocycles. The van der Waals surface area contributed by atoms with Crippen molar-refractivity contribution in [3.8, 4) is 0 Å². The van der Waals surface area contributed by atoms with Gasteiger partial charge in [0.15, 0.2) is 5.82 Å². The molecule has 124 valence electrons. The van der Waals surface area contributed by atoms with Crippen LogP contribution in [0, 0.1) is 0 Å². The van der Waals surface area contributed by atoms with Gasteiger partial charge < -0.3 is 9.64 Å². The highest BCUT2D eigenvalue weighted by atomic mass is 16.5.